The van der Waals surface area contributed by atoms with Crippen molar-refractivity contribution in [3.8, 4) is 11.5 Å². The monoisotopic (exact) mass is 408 g/mol. The summed E-state index contributed by atoms with van der Waals surface area (Å²) in [5.74, 6) is 0.132. The maximum atomic E-state index is 11.7. The van der Waals surface area contributed by atoms with E-state index in [0.29, 0.717) is 47.8 Å². The fourth-order valence-corrected chi connectivity index (χ4v) is 3.80. The Labute approximate surface area is 174 Å². The summed E-state index contributed by atoms with van der Waals surface area (Å²) in [5, 5.41) is 14.0. The summed E-state index contributed by atoms with van der Waals surface area (Å²) in [5.41, 5.74) is 6.45. The van der Waals surface area contributed by atoms with Crippen molar-refractivity contribution in [2.24, 2.45) is 5.10 Å². The highest BCUT2D eigenvalue weighted by atomic mass is 16.5. The maximum Gasteiger partial charge on any atom is 0.339 e. The third kappa shape index (κ3) is 4.01. The van der Waals surface area contributed by atoms with Gasteiger partial charge < -0.3 is 20.0 Å². The van der Waals surface area contributed by atoms with E-state index in [4.69, 9.17) is 9.47 Å². The fraction of sp³-hybridized carbons (Fsp3) is 0.348. The highest BCUT2D eigenvalue weighted by Gasteiger charge is 2.23. The molecule has 7 heteroatoms. The molecule has 1 fully saturated rings. The number of carboxylic acids is 1. The first-order valence-electron chi connectivity index (χ1n) is 10.1. The van der Waals surface area contributed by atoms with E-state index < -0.39 is 5.97 Å². The molecule has 0 atom stereocenters. The smallest absolute Gasteiger partial charge is 0.339 e. The molecular formula is C23H24N2O5. The summed E-state index contributed by atoms with van der Waals surface area (Å²) >= 11 is 0. The number of nitrogens with zero attached hydrogens (tertiary/aromatic N) is 1. The van der Waals surface area contributed by atoms with Gasteiger partial charge in [0.05, 0.1) is 18.4 Å². The van der Waals surface area contributed by atoms with Gasteiger partial charge in [-0.2, -0.15) is 5.10 Å². The van der Waals surface area contributed by atoms with Crippen molar-refractivity contribution in [2.45, 2.75) is 38.2 Å². The van der Waals surface area contributed by atoms with Crippen LogP contribution in [0.2, 0.25) is 0 Å². The zero-order valence-corrected chi connectivity index (χ0v) is 16.8. The van der Waals surface area contributed by atoms with E-state index in [1.165, 1.54) is 6.42 Å². The molecular weight excluding hydrogens is 384 g/mol. The summed E-state index contributed by atoms with van der Waals surface area (Å²) in [4.78, 5) is 23.4. The number of fused-ring (bicyclic) bond motifs is 1. The minimum Gasteiger partial charge on any atom is -0.492 e. The zero-order valence-electron chi connectivity index (χ0n) is 16.8. The Morgan fingerprint density at radius 1 is 1.30 bits per heavy atom. The second-order valence-electron chi connectivity index (χ2n) is 7.53. The Kier molecular flexibility index (Phi) is 5.70. The summed E-state index contributed by atoms with van der Waals surface area (Å²) in [7, 11) is 1.69. The molecule has 2 aromatic rings. The van der Waals surface area contributed by atoms with Crippen molar-refractivity contribution >= 4 is 18.0 Å². The number of aromatic carboxylic acids is 1. The SMILES string of the molecule is CN/N=C(/Cc1cc2c(c(C(=O)O)c1)OCC2)c1cc(OC2CCC2)ccc1C=O. The average molecular weight is 408 g/mol. The lowest BCUT2D eigenvalue weighted by molar-refractivity contribution is 0.0693. The number of carboxylic acid groups (broad SMARTS) is 1. The predicted molar refractivity (Wildman–Crippen MR) is 112 cm³/mol. The molecule has 2 aromatic carbocycles. The largest absolute Gasteiger partial charge is 0.492 e. The molecule has 0 bridgehead atoms. The van der Waals surface area contributed by atoms with Crippen molar-refractivity contribution in [1.29, 1.82) is 0 Å². The van der Waals surface area contributed by atoms with Crippen LogP contribution in [0.4, 0.5) is 0 Å². The third-order valence-corrected chi connectivity index (χ3v) is 5.51. The predicted octanol–water partition coefficient (Wildman–Crippen LogP) is 3.23. The van der Waals surface area contributed by atoms with Crippen LogP contribution in [0.3, 0.4) is 0 Å². The second kappa shape index (κ2) is 8.57. The molecule has 1 heterocycles. The standard InChI is InChI=1S/C23H24N2O5/c1-24-25-21(11-14-9-15-7-8-29-22(15)20(10-14)23(27)28)19-12-18(6-5-16(19)13-26)30-17-3-2-4-17/h5-6,9-10,12-13,17,24H,2-4,7-8,11H2,1H3,(H,27,28)/b25-21-. The van der Waals surface area contributed by atoms with E-state index in [1.807, 2.05) is 12.1 Å². The first-order chi connectivity index (χ1) is 14.6. The molecule has 0 unspecified atom stereocenters. The van der Waals surface area contributed by atoms with E-state index >= 15 is 0 Å². The molecule has 4 rings (SSSR count). The minimum absolute atomic E-state index is 0.154. The van der Waals surface area contributed by atoms with Crippen molar-refractivity contribution in [3.05, 3.63) is 58.1 Å². The molecule has 0 radical (unpaired) electrons. The number of carbonyl (C=O) groups excluding carboxylic acids is 1. The van der Waals surface area contributed by atoms with Gasteiger partial charge in [-0.05, 0) is 54.7 Å². The van der Waals surface area contributed by atoms with Crippen LogP contribution in [0.1, 0.15) is 56.7 Å². The molecule has 1 aliphatic heterocycles. The fourth-order valence-electron chi connectivity index (χ4n) is 3.80. The second-order valence-corrected chi connectivity index (χ2v) is 7.53. The van der Waals surface area contributed by atoms with Gasteiger partial charge in [-0.25, -0.2) is 4.79 Å². The molecule has 1 saturated carbocycles. The number of hydrogen-bond acceptors (Lipinski definition) is 6. The summed E-state index contributed by atoms with van der Waals surface area (Å²) in [6.07, 6.45) is 5.31. The van der Waals surface area contributed by atoms with Crippen molar-refractivity contribution < 1.29 is 24.2 Å². The minimum atomic E-state index is -1.02. The van der Waals surface area contributed by atoms with Crippen LogP contribution in [-0.4, -0.2) is 42.8 Å². The summed E-state index contributed by atoms with van der Waals surface area (Å²) in [6, 6.07) is 8.95. The average Bonchev–Trinajstić information content (AvgIpc) is 3.18. The van der Waals surface area contributed by atoms with Crippen molar-refractivity contribution in [3.63, 3.8) is 0 Å². The number of carbonyl (C=O) groups is 2. The summed E-state index contributed by atoms with van der Waals surface area (Å²) in [6.45, 7) is 0.479. The zero-order chi connectivity index (χ0) is 21.1. The van der Waals surface area contributed by atoms with E-state index in [1.54, 1.807) is 25.2 Å². The Balaban J connectivity index is 1.69. The van der Waals surface area contributed by atoms with Crippen LogP contribution in [0, 0.1) is 0 Å². The van der Waals surface area contributed by atoms with Gasteiger partial charge in [0.25, 0.3) is 0 Å². The highest BCUT2D eigenvalue weighted by molar-refractivity contribution is 6.07. The van der Waals surface area contributed by atoms with Crippen LogP contribution in [0.5, 0.6) is 11.5 Å². The number of hydrazone groups is 1. The molecule has 30 heavy (non-hydrogen) atoms. The van der Waals surface area contributed by atoms with Crippen LogP contribution >= 0.6 is 0 Å². The van der Waals surface area contributed by atoms with Gasteiger partial charge in [0.2, 0.25) is 0 Å². The topological polar surface area (TPSA) is 97.2 Å². The Hall–Kier alpha value is -3.35. The van der Waals surface area contributed by atoms with Crippen LogP contribution in [-0.2, 0) is 12.8 Å². The van der Waals surface area contributed by atoms with Crippen LogP contribution in [0.15, 0.2) is 35.4 Å². The lowest BCUT2D eigenvalue weighted by Crippen LogP contribution is -2.24. The first-order valence-corrected chi connectivity index (χ1v) is 10.1. The number of rotatable bonds is 8. The number of benzene rings is 2. The lowest BCUT2D eigenvalue weighted by Gasteiger charge is -2.26. The number of aldehydes is 1. The van der Waals surface area contributed by atoms with E-state index in [9.17, 15) is 14.7 Å². The Bertz CT molecular complexity index is 1010. The molecule has 2 aliphatic rings. The van der Waals surface area contributed by atoms with E-state index in [0.717, 1.165) is 30.3 Å². The Morgan fingerprint density at radius 3 is 2.80 bits per heavy atom. The molecule has 1 aliphatic carbocycles. The van der Waals surface area contributed by atoms with Crippen LogP contribution < -0.4 is 14.9 Å². The van der Waals surface area contributed by atoms with E-state index in [-0.39, 0.29) is 11.7 Å². The van der Waals surface area contributed by atoms with Gasteiger partial charge in [0.1, 0.15) is 17.1 Å². The normalized spacial score (nSPS) is 15.7. The number of hydrogen-bond donors (Lipinski definition) is 2. The molecule has 7 nitrogen and oxygen atoms in total. The van der Waals surface area contributed by atoms with Gasteiger partial charge in [-0.1, -0.05) is 6.07 Å². The molecule has 0 aromatic heterocycles. The lowest BCUT2D eigenvalue weighted by atomic mass is 9.94. The van der Waals surface area contributed by atoms with Gasteiger partial charge in [0.15, 0.2) is 6.29 Å². The third-order valence-electron chi connectivity index (χ3n) is 5.51. The number of nitrogens with one attached hydrogen (secondary N) is 1. The van der Waals surface area contributed by atoms with Crippen LogP contribution in [0.25, 0.3) is 0 Å². The first kappa shape index (κ1) is 19.9. The quantitative estimate of drug-likeness (QED) is 0.395. The van der Waals surface area contributed by atoms with Gasteiger partial charge >= 0.3 is 5.97 Å². The molecule has 0 amide bonds. The van der Waals surface area contributed by atoms with Gasteiger partial charge in [0, 0.05) is 31.0 Å². The van der Waals surface area contributed by atoms with E-state index in [2.05, 4.69) is 10.5 Å². The highest BCUT2D eigenvalue weighted by Crippen LogP contribution is 2.32. The van der Waals surface area contributed by atoms with Gasteiger partial charge in [-0.3, -0.25) is 4.79 Å². The summed E-state index contributed by atoms with van der Waals surface area (Å²) < 4.78 is 11.5. The molecule has 0 spiro atoms. The van der Waals surface area contributed by atoms with Crippen molar-refractivity contribution in [1.82, 2.24) is 5.43 Å². The molecule has 2 N–H and O–H groups in total. The molecule has 0 saturated heterocycles. The van der Waals surface area contributed by atoms with Gasteiger partial charge in [-0.15, -0.1) is 0 Å². The van der Waals surface area contributed by atoms with Crippen molar-refractivity contribution in [2.75, 3.05) is 13.7 Å². The Morgan fingerprint density at radius 2 is 2.13 bits per heavy atom. The maximum absolute atomic E-state index is 11.7. The number of ether oxygens (including phenoxy) is 2. The molecule has 156 valence electrons.